The molecule has 3 atom stereocenters. The fourth-order valence-electron chi connectivity index (χ4n) is 6.63. The number of likely N-dealkylation sites (N-methyl/N-ethyl adjacent to an activating group) is 4. The maximum atomic E-state index is 4.19. The lowest BCUT2D eigenvalue weighted by molar-refractivity contribution is -0.306. The Morgan fingerprint density at radius 1 is 0.700 bits per heavy atom. The molecule has 5 N–H and O–H groups in total. The molecule has 0 spiro atoms. The minimum absolute atomic E-state index is 0.217. The predicted octanol–water partition coefficient (Wildman–Crippen LogP) is 3.86. The molecular weight excluding hydrogens is 498 g/mol. The highest BCUT2D eigenvalue weighted by atomic mass is 15.8. The molecule has 9 nitrogen and oxygen atoms in total. The maximum absolute atomic E-state index is 4.19. The molecule has 0 aliphatic heterocycles. The quantitative estimate of drug-likeness (QED) is 0.0638. The molecule has 9 heteroatoms. The van der Waals surface area contributed by atoms with Gasteiger partial charge >= 0.3 is 0 Å². The van der Waals surface area contributed by atoms with Crippen LogP contribution in [0.25, 0.3) is 0 Å². The fraction of sp³-hybridized carbons (Fsp3) is 1.00. The lowest BCUT2D eigenvalue weighted by atomic mass is 9.83. The number of hydrogen-bond donors (Lipinski definition) is 5. The molecule has 3 unspecified atom stereocenters. The second-order valence-corrected chi connectivity index (χ2v) is 11.9. The predicted molar refractivity (Wildman–Crippen MR) is 176 cm³/mol. The Labute approximate surface area is 250 Å². The summed E-state index contributed by atoms with van der Waals surface area (Å²) in [6.45, 7) is 31.6. The Bertz CT molecular complexity index is 622. The van der Waals surface area contributed by atoms with Crippen LogP contribution in [0.15, 0.2) is 0 Å². The summed E-state index contributed by atoms with van der Waals surface area (Å²) >= 11 is 0. The van der Waals surface area contributed by atoms with Crippen LogP contribution in [0.3, 0.4) is 0 Å². The SMILES string of the molecule is CCCCNC(NC(C)C)(N(C)C)C(N(CC)CC)(N(C(C)C)N(CCC)CCC)C(NC)(NCC)NCCC. The normalized spacial score (nSPS) is 17.4. The van der Waals surface area contributed by atoms with Gasteiger partial charge in [0, 0.05) is 25.2 Å². The van der Waals surface area contributed by atoms with Crippen LogP contribution in [-0.2, 0) is 0 Å². The first-order valence-electron chi connectivity index (χ1n) is 16.6. The van der Waals surface area contributed by atoms with E-state index in [-0.39, 0.29) is 12.1 Å². The van der Waals surface area contributed by atoms with Gasteiger partial charge in [0.25, 0.3) is 0 Å². The summed E-state index contributed by atoms with van der Waals surface area (Å²) in [6.07, 6.45) is 5.46. The van der Waals surface area contributed by atoms with Crippen LogP contribution < -0.4 is 26.6 Å². The zero-order valence-electron chi connectivity index (χ0n) is 29.4. The van der Waals surface area contributed by atoms with Gasteiger partial charge in [0.15, 0.2) is 17.2 Å². The maximum Gasteiger partial charge on any atom is 0.180 e. The van der Waals surface area contributed by atoms with Crippen molar-refractivity contribution in [3.63, 3.8) is 0 Å². The van der Waals surface area contributed by atoms with Crippen LogP contribution >= 0.6 is 0 Å². The highest BCUT2D eigenvalue weighted by Crippen LogP contribution is 2.43. The van der Waals surface area contributed by atoms with Crippen LogP contribution in [0.4, 0.5) is 0 Å². The molecule has 0 saturated heterocycles. The topological polar surface area (TPSA) is 73.1 Å². The summed E-state index contributed by atoms with van der Waals surface area (Å²) in [5, 5.41) is 25.7. The third kappa shape index (κ3) is 8.60. The number of unbranched alkanes of at least 4 members (excludes halogenated alkanes) is 1. The van der Waals surface area contributed by atoms with Gasteiger partial charge in [-0.3, -0.25) is 36.4 Å². The first-order chi connectivity index (χ1) is 19.0. The van der Waals surface area contributed by atoms with Crippen molar-refractivity contribution in [2.75, 3.05) is 67.0 Å². The fourth-order valence-corrected chi connectivity index (χ4v) is 6.63. The second-order valence-electron chi connectivity index (χ2n) is 11.9. The average Bonchev–Trinajstić information content (AvgIpc) is 2.90. The second kappa shape index (κ2) is 19.8. The molecule has 0 fully saturated rings. The summed E-state index contributed by atoms with van der Waals surface area (Å²) in [5.74, 6) is -1.36. The van der Waals surface area contributed by atoms with Crippen LogP contribution in [0, 0.1) is 0 Å². The first kappa shape index (κ1) is 39.6. The van der Waals surface area contributed by atoms with E-state index in [0.717, 1.165) is 77.9 Å². The van der Waals surface area contributed by atoms with E-state index < -0.39 is 17.2 Å². The van der Waals surface area contributed by atoms with Crippen molar-refractivity contribution < 1.29 is 0 Å². The Hall–Kier alpha value is -0.360. The lowest BCUT2D eigenvalue weighted by Gasteiger charge is -2.71. The number of nitrogens with zero attached hydrogens (tertiary/aromatic N) is 4. The Morgan fingerprint density at radius 3 is 1.62 bits per heavy atom. The van der Waals surface area contributed by atoms with Gasteiger partial charge in [0.1, 0.15) is 0 Å². The van der Waals surface area contributed by atoms with Crippen molar-refractivity contribution in [1.82, 2.24) is 46.4 Å². The lowest BCUT2D eigenvalue weighted by Crippen LogP contribution is -2.99. The van der Waals surface area contributed by atoms with E-state index in [1.807, 2.05) is 0 Å². The van der Waals surface area contributed by atoms with Gasteiger partial charge < -0.3 is 0 Å². The molecule has 0 aliphatic rings. The smallest absolute Gasteiger partial charge is 0.180 e. The molecule has 0 amide bonds. The molecule has 40 heavy (non-hydrogen) atoms. The number of nitrogens with one attached hydrogen (secondary N) is 5. The van der Waals surface area contributed by atoms with E-state index in [2.05, 4.69) is 144 Å². The molecule has 0 radical (unpaired) electrons. The van der Waals surface area contributed by atoms with Crippen molar-refractivity contribution in [3.05, 3.63) is 0 Å². The minimum atomic E-state index is -0.695. The summed E-state index contributed by atoms with van der Waals surface area (Å²) in [7, 11) is 6.59. The molecule has 0 aromatic heterocycles. The van der Waals surface area contributed by atoms with E-state index in [4.69, 9.17) is 0 Å². The molecule has 0 aromatic rings. The summed E-state index contributed by atoms with van der Waals surface area (Å²) in [5.41, 5.74) is -0.677. The monoisotopic (exact) mass is 572 g/mol. The van der Waals surface area contributed by atoms with Gasteiger partial charge in [-0.1, -0.05) is 54.9 Å². The summed E-state index contributed by atoms with van der Waals surface area (Å²) < 4.78 is 0. The summed E-state index contributed by atoms with van der Waals surface area (Å²) in [6, 6.07) is 0.448. The molecule has 242 valence electrons. The standard InChI is InChI=1S/C31H73N9/c1-15-22-24-35-31(37(13)14,36-27(8)9)29(38(20-6)21-7,30(32-12,33-19-5)34-23-16-2)40(28(10)11)39(25-17-3)26-18-4/h27-28,32-36H,15-26H2,1-14H3. The van der Waals surface area contributed by atoms with Crippen LogP contribution in [0.5, 0.6) is 0 Å². The van der Waals surface area contributed by atoms with E-state index >= 15 is 0 Å². The van der Waals surface area contributed by atoms with E-state index in [1.54, 1.807) is 0 Å². The molecule has 0 bridgehead atoms. The highest BCUT2D eigenvalue weighted by Gasteiger charge is 2.71. The van der Waals surface area contributed by atoms with E-state index in [0.29, 0.717) is 0 Å². The third-order valence-corrected chi connectivity index (χ3v) is 7.87. The van der Waals surface area contributed by atoms with Crippen LogP contribution in [-0.4, -0.2) is 116 Å². The minimum Gasteiger partial charge on any atom is -0.287 e. The Balaban J connectivity index is 8.56. The molecule has 0 heterocycles. The van der Waals surface area contributed by atoms with Gasteiger partial charge in [-0.05, 0) is 107 Å². The van der Waals surface area contributed by atoms with Crippen LogP contribution in [0.2, 0.25) is 0 Å². The number of hydrazine groups is 1. The molecule has 0 saturated carbocycles. The zero-order valence-corrected chi connectivity index (χ0v) is 29.4. The largest absolute Gasteiger partial charge is 0.287 e. The van der Waals surface area contributed by atoms with Gasteiger partial charge in [0.2, 0.25) is 0 Å². The molecule has 0 aromatic carbocycles. The van der Waals surface area contributed by atoms with Crippen molar-refractivity contribution in [3.8, 4) is 0 Å². The van der Waals surface area contributed by atoms with Crippen LogP contribution in [0.1, 0.15) is 108 Å². The van der Waals surface area contributed by atoms with E-state index in [1.165, 1.54) is 0 Å². The molecular formula is C31H73N9. The van der Waals surface area contributed by atoms with E-state index in [9.17, 15) is 0 Å². The average molecular weight is 572 g/mol. The van der Waals surface area contributed by atoms with Crippen molar-refractivity contribution in [2.45, 2.75) is 138 Å². The van der Waals surface area contributed by atoms with Crippen molar-refractivity contribution >= 4 is 0 Å². The third-order valence-electron chi connectivity index (χ3n) is 7.87. The van der Waals surface area contributed by atoms with Gasteiger partial charge in [-0.15, -0.1) is 0 Å². The molecule has 0 aliphatic carbocycles. The highest BCUT2D eigenvalue weighted by molar-refractivity contribution is 5.20. The van der Waals surface area contributed by atoms with Gasteiger partial charge in [-0.2, -0.15) is 0 Å². The Morgan fingerprint density at radius 2 is 1.27 bits per heavy atom. The zero-order chi connectivity index (χ0) is 31.0. The Kier molecular flexibility index (Phi) is 19.6. The number of rotatable bonds is 25. The number of hydrogen-bond acceptors (Lipinski definition) is 9. The van der Waals surface area contributed by atoms with Gasteiger partial charge in [0.05, 0.1) is 0 Å². The first-order valence-corrected chi connectivity index (χ1v) is 16.6. The van der Waals surface area contributed by atoms with Gasteiger partial charge in [-0.25, -0.2) is 10.0 Å². The van der Waals surface area contributed by atoms with Crippen molar-refractivity contribution in [1.29, 1.82) is 0 Å². The molecule has 0 rings (SSSR count). The van der Waals surface area contributed by atoms with Crippen molar-refractivity contribution in [2.24, 2.45) is 0 Å². The summed E-state index contributed by atoms with van der Waals surface area (Å²) in [4.78, 5) is 5.09.